The summed E-state index contributed by atoms with van der Waals surface area (Å²) in [6.07, 6.45) is 3.48. The van der Waals surface area contributed by atoms with Gasteiger partial charge in [0.2, 0.25) is 0 Å². The Balaban J connectivity index is 1.55. The first-order valence-electron chi connectivity index (χ1n) is 11.5. The van der Waals surface area contributed by atoms with Gasteiger partial charge in [-0.05, 0) is 30.7 Å². The monoisotopic (exact) mass is 475 g/mol. The Hall–Kier alpha value is -4.21. The first-order chi connectivity index (χ1) is 17.0. The van der Waals surface area contributed by atoms with Gasteiger partial charge >= 0.3 is 6.09 Å². The Labute approximate surface area is 201 Å². The fourth-order valence-corrected chi connectivity index (χ4v) is 4.42. The van der Waals surface area contributed by atoms with Crippen molar-refractivity contribution in [2.75, 3.05) is 26.3 Å². The van der Waals surface area contributed by atoms with Crippen molar-refractivity contribution in [2.45, 2.75) is 25.9 Å². The minimum Gasteiger partial charge on any atom is -0.492 e. The molecule has 0 fully saturated rings. The summed E-state index contributed by atoms with van der Waals surface area (Å²) in [6.45, 7) is 3.05. The van der Waals surface area contributed by atoms with Crippen LogP contribution in [0.15, 0.2) is 53.6 Å². The number of rotatable bonds is 4. The second-order valence-corrected chi connectivity index (χ2v) is 8.29. The number of carbonyl (C=O) groups excluding carboxylic acids is 2. The van der Waals surface area contributed by atoms with Crippen LogP contribution in [-0.2, 0) is 17.7 Å². The van der Waals surface area contributed by atoms with Crippen LogP contribution in [-0.4, -0.2) is 57.7 Å². The lowest BCUT2D eigenvalue weighted by Gasteiger charge is -2.24. The molecule has 4 heterocycles. The molecule has 3 aromatic rings. The van der Waals surface area contributed by atoms with Gasteiger partial charge in [0.15, 0.2) is 0 Å². The van der Waals surface area contributed by atoms with Crippen molar-refractivity contribution in [1.82, 2.24) is 24.8 Å². The van der Waals surface area contributed by atoms with Crippen molar-refractivity contribution in [1.29, 1.82) is 0 Å². The maximum Gasteiger partial charge on any atom is 0.409 e. The minimum absolute atomic E-state index is 0.104. The molecular formula is C25H25N5O5. The Morgan fingerprint density at radius 2 is 2.03 bits per heavy atom. The molecule has 1 N–H and O–H groups in total. The highest BCUT2D eigenvalue weighted by Crippen LogP contribution is 2.30. The largest absolute Gasteiger partial charge is 0.492 e. The number of pyridine rings is 1. The van der Waals surface area contributed by atoms with E-state index in [1.807, 2.05) is 12.1 Å². The third-order valence-corrected chi connectivity index (χ3v) is 6.11. The van der Waals surface area contributed by atoms with E-state index in [1.54, 1.807) is 37.5 Å². The standard InChI is InChI=1S/C25H25N5O5/c1-2-34-25(33)29-11-12-30-21(31)14-19(16-6-9-26-10-7-16)27-23(30)20(15-29)28-24(32)18-5-3-4-17-8-13-35-22(17)18/h3-7,9-10,14,20H,2,8,11-13,15H2,1H3,(H,28,32). The lowest BCUT2D eigenvalue weighted by molar-refractivity contribution is 0.0887. The molecule has 2 amide bonds. The third-order valence-electron chi connectivity index (χ3n) is 6.11. The van der Waals surface area contributed by atoms with Crippen molar-refractivity contribution in [3.05, 3.63) is 76.1 Å². The fourth-order valence-electron chi connectivity index (χ4n) is 4.42. The summed E-state index contributed by atoms with van der Waals surface area (Å²) in [5, 5.41) is 2.99. The third kappa shape index (κ3) is 4.46. The normalized spacial score (nSPS) is 16.5. The summed E-state index contributed by atoms with van der Waals surface area (Å²) in [4.78, 5) is 49.3. The number of nitrogens with zero attached hydrogens (tertiary/aromatic N) is 4. The number of carbonyl (C=O) groups is 2. The van der Waals surface area contributed by atoms with E-state index in [0.29, 0.717) is 29.4 Å². The van der Waals surface area contributed by atoms with Crippen LogP contribution in [0.3, 0.4) is 0 Å². The molecule has 2 aliphatic heterocycles. The maximum absolute atomic E-state index is 13.4. The Morgan fingerprint density at radius 3 is 2.83 bits per heavy atom. The van der Waals surface area contributed by atoms with E-state index in [4.69, 9.17) is 14.5 Å². The van der Waals surface area contributed by atoms with Crippen LogP contribution in [0.1, 0.15) is 34.7 Å². The smallest absolute Gasteiger partial charge is 0.409 e. The molecule has 10 heteroatoms. The van der Waals surface area contributed by atoms with E-state index >= 15 is 0 Å². The zero-order valence-electron chi connectivity index (χ0n) is 19.3. The first kappa shape index (κ1) is 22.6. The predicted octanol–water partition coefficient (Wildman–Crippen LogP) is 2.18. The lowest BCUT2D eigenvalue weighted by Crippen LogP contribution is -2.41. The van der Waals surface area contributed by atoms with Crippen molar-refractivity contribution < 1.29 is 19.1 Å². The summed E-state index contributed by atoms with van der Waals surface area (Å²) >= 11 is 0. The molecule has 0 bridgehead atoms. The summed E-state index contributed by atoms with van der Waals surface area (Å²) in [7, 11) is 0. The van der Waals surface area contributed by atoms with E-state index in [1.165, 1.54) is 15.5 Å². The van der Waals surface area contributed by atoms with Crippen molar-refractivity contribution in [3.63, 3.8) is 0 Å². The molecule has 10 nitrogen and oxygen atoms in total. The molecule has 0 saturated heterocycles. The van der Waals surface area contributed by atoms with Crippen molar-refractivity contribution in [3.8, 4) is 17.0 Å². The van der Waals surface area contributed by atoms with Gasteiger partial charge in [-0.25, -0.2) is 9.78 Å². The zero-order valence-corrected chi connectivity index (χ0v) is 19.3. The Morgan fingerprint density at radius 1 is 1.20 bits per heavy atom. The van der Waals surface area contributed by atoms with Crippen LogP contribution in [0, 0.1) is 0 Å². The number of amides is 2. The number of ether oxygens (including phenoxy) is 2. The highest BCUT2D eigenvalue weighted by atomic mass is 16.6. The van der Waals surface area contributed by atoms with Crippen LogP contribution in [0.4, 0.5) is 4.79 Å². The van der Waals surface area contributed by atoms with Gasteiger partial charge in [-0.1, -0.05) is 12.1 Å². The molecule has 2 aliphatic rings. The van der Waals surface area contributed by atoms with Crippen LogP contribution < -0.4 is 15.6 Å². The van der Waals surface area contributed by atoms with E-state index < -0.39 is 12.1 Å². The van der Waals surface area contributed by atoms with Crippen LogP contribution in [0.2, 0.25) is 0 Å². The van der Waals surface area contributed by atoms with Crippen LogP contribution in [0.25, 0.3) is 11.3 Å². The zero-order chi connectivity index (χ0) is 24.4. The van der Waals surface area contributed by atoms with E-state index in [0.717, 1.165) is 17.5 Å². The van der Waals surface area contributed by atoms with Gasteiger partial charge in [0.05, 0.1) is 31.0 Å². The van der Waals surface area contributed by atoms with Gasteiger partial charge in [0.1, 0.15) is 17.6 Å². The summed E-state index contributed by atoms with van der Waals surface area (Å²) in [5.41, 5.74) is 2.31. The number of aromatic nitrogens is 3. The summed E-state index contributed by atoms with van der Waals surface area (Å²) < 4.78 is 12.4. The van der Waals surface area contributed by atoms with Crippen LogP contribution in [0.5, 0.6) is 5.75 Å². The number of fused-ring (bicyclic) bond motifs is 2. The van der Waals surface area contributed by atoms with Gasteiger partial charge in [0.25, 0.3) is 11.5 Å². The minimum atomic E-state index is -0.749. The molecule has 35 heavy (non-hydrogen) atoms. The van der Waals surface area contributed by atoms with E-state index in [-0.39, 0.29) is 37.7 Å². The molecule has 2 aromatic heterocycles. The number of benzene rings is 1. The molecule has 5 rings (SSSR count). The average molecular weight is 476 g/mol. The molecule has 0 spiro atoms. The molecule has 0 radical (unpaired) electrons. The molecule has 180 valence electrons. The number of hydrogen-bond acceptors (Lipinski definition) is 7. The highest BCUT2D eigenvalue weighted by Gasteiger charge is 2.31. The molecule has 1 unspecified atom stereocenters. The number of nitrogens with one attached hydrogen (secondary N) is 1. The highest BCUT2D eigenvalue weighted by molar-refractivity contribution is 5.97. The summed E-state index contributed by atoms with van der Waals surface area (Å²) in [6, 6.07) is 9.69. The maximum atomic E-state index is 13.4. The van der Waals surface area contributed by atoms with Gasteiger partial charge < -0.3 is 19.7 Å². The molecular weight excluding hydrogens is 450 g/mol. The number of hydrogen-bond donors (Lipinski definition) is 1. The Kier molecular flexibility index (Phi) is 6.17. The molecule has 1 atom stereocenters. The SMILES string of the molecule is CCOC(=O)N1CCn2c(nc(-c3ccncc3)cc2=O)C(NC(=O)c2cccc3c2OCC3)C1. The topological polar surface area (TPSA) is 116 Å². The van der Waals surface area contributed by atoms with Gasteiger partial charge in [-0.15, -0.1) is 0 Å². The van der Waals surface area contributed by atoms with E-state index in [2.05, 4.69) is 10.3 Å². The predicted molar refractivity (Wildman–Crippen MR) is 126 cm³/mol. The average Bonchev–Trinajstić information content (AvgIpc) is 3.28. The van der Waals surface area contributed by atoms with Gasteiger partial charge in [-0.2, -0.15) is 0 Å². The first-order valence-corrected chi connectivity index (χ1v) is 11.5. The quantitative estimate of drug-likeness (QED) is 0.615. The molecule has 0 saturated carbocycles. The van der Waals surface area contributed by atoms with Crippen molar-refractivity contribution >= 4 is 12.0 Å². The van der Waals surface area contributed by atoms with Crippen LogP contribution >= 0.6 is 0 Å². The fraction of sp³-hybridized carbons (Fsp3) is 0.320. The second kappa shape index (κ2) is 9.57. The lowest BCUT2D eigenvalue weighted by atomic mass is 10.1. The summed E-state index contributed by atoms with van der Waals surface area (Å²) in [5.74, 6) is 0.573. The van der Waals surface area contributed by atoms with E-state index in [9.17, 15) is 14.4 Å². The van der Waals surface area contributed by atoms with Gasteiger partial charge in [0, 0.05) is 43.5 Å². The molecule has 0 aliphatic carbocycles. The second-order valence-electron chi connectivity index (χ2n) is 8.29. The Bertz CT molecular complexity index is 1320. The van der Waals surface area contributed by atoms with Crippen molar-refractivity contribution in [2.24, 2.45) is 0 Å². The molecule has 1 aromatic carbocycles. The number of para-hydroxylation sites is 1. The van der Waals surface area contributed by atoms with Gasteiger partial charge in [-0.3, -0.25) is 19.1 Å².